The molecule has 1 N–H and O–H groups in total. The standard InChI is InChI=1S/C19H18N2O3/c1-2-3-12-24-19(23)13-8-10-14(11-9-13)20-17-15-6-4-5-7-16(15)21-18(17)22/h4-11H,2-3,12H2,1H3,(H,20,21,22). The van der Waals surface area contributed by atoms with Gasteiger partial charge in [-0.05, 0) is 36.8 Å². The Morgan fingerprint density at radius 2 is 1.88 bits per heavy atom. The Kier molecular flexibility index (Phi) is 4.70. The number of hydrogen-bond acceptors (Lipinski definition) is 4. The first-order chi connectivity index (χ1) is 11.7. The van der Waals surface area contributed by atoms with Crippen molar-refractivity contribution in [1.29, 1.82) is 0 Å². The van der Waals surface area contributed by atoms with Crippen molar-refractivity contribution in [3.63, 3.8) is 0 Å². The number of anilines is 1. The summed E-state index contributed by atoms with van der Waals surface area (Å²) in [5, 5.41) is 2.78. The fraction of sp³-hybridized carbons (Fsp3) is 0.211. The van der Waals surface area contributed by atoms with E-state index >= 15 is 0 Å². The molecule has 0 atom stereocenters. The molecule has 1 aliphatic rings. The van der Waals surface area contributed by atoms with Crippen LogP contribution in [0.15, 0.2) is 53.5 Å². The summed E-state index contributed by atoms with van der Waals surface area (Å²) in [6.07, 6.45) is 1.83. The van der Waals surface area contributed by atoms with E-state index in [2.05, 4.69) is 10.3 Å². The maximum Gasteiger partial charge on any atom is 0.338 e. The minimum absolute atomic E-state index is 0.223. The van der Waals surface area contributed by atoms with Gasteiger partial charge < -0.3 is 10.1 Å². The van der Waals surface area contributed by atoms with Crippen LogP contribution in [-0.2, 0) is 9.53 Å². The molecule has 2 aromatic rings. The van der Waals surface area contributed by atoms with E-state index < -0.39 is 0 Å². The highest BCUT2D eigenvalue weighted by molar-refractivity contribution is 6.54. The molecule has 0 aliphatic carbocycles. The zero-order chi connectivity index (χ0) is 16.9. The number of amides is 1. The van der Waals surface area contributed by atoms with Gasteiger partial charge in [-0.3, -0.25) is 4.79 Å². The molecule has 5 heteroatoms. The third kappa shape index (κ3) is 3.35. The van der Waals surface area contributed by atoms with Gasteiger partial charge in [-0.25, -0.2) is 9.79 Å². The van der Waals surface area contributed by atoms with Crippen molar-refractivity contribution in [3.05, 3.63) is 59.7 Å². The van der Waals surface area contributed by atoms with E-state index in [0.717, 1.165) is 24.1 Å². The monoisotopic (exact) mass is 322 g/mol. The Hall–Kier alpha value is -2.95. The first kappa shape index (κ1) is 15.9. The fourth-order valence-electron chi connectivity index (χ4n) is 2.41. The summed E-state index contributed by atoms with van der Waals surface area (Å²) in [4.78, 5) is 28.3. The number of benzene rings is 2. The van der Waals surface area contributed by atoms with Crippen LogP contribution in [-0.4, -0.2) is 24.2 Å². The maximum absolute atomic E-state index is 12.0. The number of aliphatic imine (C=N–C) groups is 1. The molecule has 0 radical (unpaired) electrons. The number of nitrogens with one attached hydrogen (secondary N) is 1. The van der Waals surface area contributed by atoms with E-state index in [1.807, 2.05) is 31.2 Å². The van der Waals surface area contributed by atoms with Crippen LogP contribution in [0.3, 0.4) is 0 Å². The molecule has 5 nitrogen and oxygen atoms in total. The number of fused-ring (bicyclic) bond motifs is 1. The van der Waals surface area contributed by atoms with Gasteiger partial charge in [-0.15, -0.1) is 0 Å². The second kappa shape index (κ2) is 7.08. The van der Waals surface area contributed by atoms with Crippen molar-refractivity contribution in [2.45, 2.75) is 19.8 Å². The Balaban J connectivity index is 1.77. The van der Waals surface area contributed by atoms with E-state index in [9.17, 15) is 9.59 Å². The SMILES string of the molecule is CCCCOC(=O)c1ccc(N=C2C(=O)Nc3ccccc32)cc1. The lowest BCUT2D eigenvalue weighted by Crippen LogP contribution is -2.13. The van der Waals surface area contributed by atoms with Crippen molar-refractivity contribution in [1.82, 2.24) is 0 Å². The molecular formula is C19H18N2O3. The van der Waals surface area contributed by atoms with Gasteiger partial charge in [-0.1, -0.05) is 31.5 Å². The highest BCUT2D eigenvalue weighted by Crippen LogP contribution is 2.25. The smallest absolute Gasteiger partial charge is 0.338 e. The van der Waals surface area contributed by atoms with Crippen molar-refractivity contribution in [2.75, 3.05) is 11.9 Å². The molecule has 122 valence electrons. The highest BCUT2D eigenvalue weighted by atomic mass is 16.5. The number of esters is 1. The van der Waals surface area contributed by atoms with Crippen molar-refractivity contribution in [2.24, 2.45) is 4.99 Å². The van der Waals surface area contributed by atoms with Gasteiger partial charge in [0.15, 0.2) is 0 Å². The van der Waals surface area contributed by atoms with E-state index in [1.165, 1.54) is 0 Å². The van der Waals surface area contributed by atoms with E-state index in [-0.39, 0.29) is 11.9 Å². The normalized spacial score (nSPS) is 14.4. The van der Waals surface area contributed by atoms with Crippen LogP contribution < -0.4 is 5.32 Å². The van der Waals surface area contributed by atoms with Gasteiger partial charge in [-0.2, -0.15) is 0 Å². The van der Waals surface area contributed by atoms with Gasteiger partial charge in [0.1, 0.15) is 5.71 Å². The number of unbranched alkanes of at least 4 members (excludes halogenated alkanes) is 1. The Morgan fingerprint density at radius 3 is 2.62 bits per heavy atom. The summed E-state index contributed by atoms with van der Waals surface area (Å²) in [7, 11) is 0. The van der Waals surface area contributed by atoms with Crippen LogP contribution >= 0.6 is 0 Å². The van der Waals surface area contributed by atoms with Gasteiger partial charge in [0.25, 0.3) is 5.91 Å². The topological polar surface area (TPSA) is 67.8 Å². The highest BCUT2D eigenvalue weighted by Gasteiger charge is 2.25. The fourth-order valence-corrected chi connectivity index (χ4v) is 2.41. The predicted octanol–water partition coefficient (Wildman–Crippen LogP) is 3.72. The lowest BCUT2D eigenvalue weighted by Gasteiger charge is -2.04. The van der Waals surface area contributed by atoms with Crippen molar-refractivity contribution in [3.8, 4) is 0 Å². The maximum atomic E-state index is 12.0. The average molecular weight is 322 g/mol. The van der Waals surface area contributed by atoms with Crippen LogP contribution in [0.4, 0.5) is 11.4 Å². The Bertz CT molecular complexity index is 795. The average Bonchev–Trinajstić information content (AvgIpc) is 2.91. The largest absolute Gasteiger partial charge is 0.462 e. The molecule has 2 aromatic carbocycles. The van der Waals surface area contributed by atoms with Gasteiger partial charge >= 0.3 is 5.97 Å². The predicted molar refractivity (Wildman–Crippen MR) is 92.9 cm³/mol. The lowest BCUT2D eigenvalue weighted by molar-refractivity contribution is -0.110. The molecule has 0 bridgehead atoms. The lowest BCUT2D eigenvalue weighted by atomic mass is 10.1. The van der Waals surface area contributed by atoms with Gasteiger partial charge in [0.05, 0.1) is 23.5 Å². The third-order valence-electron chi connectivity index (χ3n) is 3.72. The number of ether oxygens (including phenoxy) is 1. The zero-order valence-corrected chi connectivity index (χ0v) is 13.4. The summed E-state index contributed by atoms with van der Waals surface area (Å²) < 4.78 is 5.17. The number of para-hydroxylation sites is 1. The minimum Gasteiger partial charge on any atom is -0.462 e. The second-order valence-electron chi connectivity index (χ2n) is 5.50. The summed E-state index contributed by atoms with van der Waals surface area (Å²) in [6.45, 7) is 2.47. The van der Waals surface area contributed by atoms with Crippen LogP contribution in [0.25, 0.3) is 0 Å². The Labute approximate surface area is 140 Å². The molecule has 3 rings (SSSR count). The molecular weight excluding hydrogens is 304 g/mol. The Morgan fingerprint density at radius 1 is 1.12 bits per heavy atom. The summed E-state index contributed by atoms with van der Waals surface area (Å²) in [5.74, 6) is -0.564. The first-order valence-corrected chi connectivity index (χ1v) is 7.95. The molecule has 0 unspecified atom stereocenters. The second-order valence-corrected chi connectivity index (χ2v) is 5.50. The van der Waals surface area contributed by atoms with Crippen molar-refractivity contribution < 1.29 is 14.3 Å². The molecule has 1 heterocycles. The zero-order valence-electron chi connectivity index (χ0n) is 13.4. The van der Waals surface area contributed by atoms with Crippen LogP contribution in [0, 0.1) is 0 Å². The molecule has 0 fully saturated rings. The van der Waals surface area contributed by atoms with Gasteiger partial charge in [0.2, 0.25) is 0 Å². The van der Waals surface area contributed by atoms with Crippen LogP contribution in [0.2, 0.25) is 0 Å². The molecule has 1 aliphatic heterocycles. The quantitative estimate of drug-likeness (QED) is 0.674. The minimum atomic E-state index is -0.341. The van der Waals surface area contributed by atoms with Gasteiger partial charge in [0, 0.05) is 5.56 Å². The van der Waals surface area contributed by atoms with E-state index in [1.54, 1.807) is 24.3 Å². The van der Waals surface area contributed by atoms with Crippen molar-refractivity contribution >= 4 is 29.0 Å². The summed E-state index contributed by atoms with van der Waals surface area (Å²) in [6, 6.07) is 14.1. The number of nitrogens with zero attached hydrogens (tertiary/aromatic N) is 1. The molecule has 0 saturated heterocycles. The summed E-state index contributed by atoms with van der Waals surface area (Å²) in [5.41, 5.74) is 3.01. The van der Waals surface area contributed by atoms with Crippen LogP contribution in [0.5, 0.6) is 0 Å². The number of carbonyl (C=O) groups is 2. The van der Waals surface area contributed by atoms with Crippen LogP contribution in [0.1, 0.15) is 35.7 Å². The van der Waals surface area contributed by atoms with E-state index in [4.69, 9.17) is 4.74 Å². The molecule has 0 aromatic heterocycles. The summed E-state index contributed by atoms with van der Waals surface area (Å²) >= 11 is 0. The number of hydrogen-bond donors (Lipinski definition) is 1. The van der Waals surface area contributed by atoms with E-state index in [0.29, 0.717) is 23.6 Å². The first-order valence-electron chi connectivity index (χ1n) is 7.95. The number of rotatable bonds is 5. The molecule has 1 amide bonds. The number of carbonyl (C=O) groups excluding carboxylic acids is 2. The third-order valence-corrected chi connectivity index (χ3v) is 3.72. The molecule has 24 heavy (non-hydrogen) atoms. The molecule has 0 saturated carbocycles. The molecule has 0 spiro atoms.